The molecule has 2 aromatic carbocycles. The van der Waals surface area contributed by atoms with Crippen LogP contribution in [-0.4, -0.2) is 75.2 Å². The molecule has 2 heterocycles. The van der Waals surface area contributed by atoms with Gasteiger partial charge in [-0.15, -0.1) is 0 Å². The van der Waals surface area contributed by atoms with Gasteiger partial charge in [0.05, 0.1) is 35.9 Å². The van der Waals surface area contributed by atoms with Gasteiger partial charge in [-0.25, -0.2) is 8.42 Å². The number of nitrogens with zero attached hydrogens (tertiary/aromatic N) is 2. The Morgan fingerprint density at radius 3 is 2.43 bits per heavy atom. The van der Waals surface area contributed by atoms with Crippen molar-refractivity contribution < 1.29 is 26.3 Å². The second-order valence-electron chi connectivity index (χ2n) is 11.2. The van der Waals surface area contributed by atoms with E-state index in [4.69, 9.17) is 4.74 Å². The molecule has 3 aromatic rings. The van der Waals surface area contributed by atoms with Crippen LogP contribution in [0.2, 0.25) is 0 Å². The standard InChI is InChI=1S/C31H37F3N4O3S/c1-22-19-26(42(2,39)40)12-13-28(22)35-14-4-5-25-20-27-29(6-3-7-30(27)38(25)21-31(32,33)34)36-23-8-10-24(11-9-23)37-15-17-41-18-16-37/h3,6-7,12-13,19-20,23-24,35-36H,8-11,14-18,21H2,1-2H3/t23-,24+. The van der Waals surface area contributed by atoms with E-state index in [0.29, 0.717) is 22.9 Å². The minimum Gasteiger partial charge on any atom is -0.382 e. The molecule has 5 rings (SSSR count). The number of aryl methyl sites for hydroxylation is 1. The summed E-state index contributed by atoms with van der Waals surface area (Å²) in [5.41, 5.74) is 3.05. The number of sulfone groups is 1. The smallest absolute Gasteiger partial charge is 0.382 e. The summed E-state index contributed by atoms with van der Waals surface area (Å²) in [5, 5.41) is 7.48. The molecular weight excluding hydrogens is 565 g/mol. The number of anilines is 2. The molecule has 2 fully saturated rings. The number of benzene rings is 2. The van der Waals surface area contributed by atoms with Crippen LogP contribution in [0.4, 0.5) is 24.5 Å². The lowest BCUT2D eigenvalue weighted by Crippen LogP contribution is -2.46. The van der Waals surface area contributed by atoms with E-state index < -0.39 is 22.6 Å². The number of halogens is 3. The van der Waals surface area contributed by atoms with Crippen molar-refractivity contribution in [1.82, 2.24) is 9.47 Å². The lowest BCUT2D eigenvalue weighted by Gasteiger charge is -2.39. The highest BCUT2D eigenvalue weighted by Crippen LogP contribution is 2.33. The third-order valence-electron chi connectivity index (χ3n) is 8.11. The first-order chi connectivity index (χ1) is 20.0. The predicted octanol–water partition coefficient (Wildman–Crippen LogP) is 5.43. The van der Waals surface area contributed by atoms with Gasteiger partial charge < -0.3 is 19.9 Å². The maximum atomic E-state index is 13.6. The summed E-state index contributed by atoms with van der Waals surface area (Å²) in [5.74, 6) is 5.88. The zero-order valence-corrected chi connectivity index (χ0v) is 24.7. The summed E-state index contributed by atoms with van der Waals surface area (Å²) >= 11 is 0. The highest BCUT2D eigenvalue weighted by atomic mass is 32.2. The fraction of sp³-hybridized carbons (Fsp3) is 0.484. The summed E-state index contributed by atoms with van der Waals surface area (Å²) in [6.07, 6.45) is 0.930. The largest absolute Gasteiger partial charge is 0.406 e. The van der Waals surface area contributed by atoms with E-state index in [1.165, 1.54) is 10.6 Å². The third kappa shape index (κ3) is 7.41. The maximum Gasteiger partial charge on any atom is 0.406 e. The highest BCUT2D eigenvalue weighted by molar-refractivity contribution is 7.90. The van der Waals surface area contributed by atoms with Gasteiger partial charge in [0.25, 0.3) is 0 Å². The number of aromatic nitrogens is 1. The Kier molecular flexibility index (Phi) is 9.06. The van der Waals surface area contributed by atoms with E-state index >= 15 is 0 Å². The summed E-state index contributed by atoms with van der Waals surface area (Å²) in [6.45, 7) is 4.36. The summed E-state index contributed by atoms with van der Waals surface area (Å²) in [6, 6.07) is 12.7. The first-order valence-electron chi connectivity index (χ1n) is 14.3. The van der Waals surface area contributed by atoms with Gasteiger partial charge in [0.15, 0.2) is 9.84 Å². The summed E-state index contributed by atoms with van der Waals surface area (Å²) in [7, 11) is -3.32. The molecule has 1 aromatic heterocycles. The molecule has 0 radical (unpaired) electrons. The molecule has 11 heteroatoms. The maximum absolute atomic E-state index is 13.6. The number of rotatable bonds is 7. The van der Waals surface area contributed by atoms with Gasteiger partial charge in [0.1, 0.15) is 6.54 Å². The van der Waals surface area contributed by atoms with Crippen LogP contribution < -0.4 is 10.6 Å². The van der Waals surface area contributed by atoms with Gasteiger partial charge in [0, 0.05) is 48.2 Å². The quantitative estimate of drug-likeness (QED) is 0.351. The molecule has 0 atom stereocenters. The van der Waals surface area contributed by atoms with Crippen molar-refractivity contribution in [3.63, 3.8) is 0 Å². The monoisotopic (exact) mass is 602 g/mol. The van der Waals surface area contributed by atoms with Crippen molar-refractivity contribution >= 4 is 32.1 Å². The Morgan fingerprint density at radius 1 is 1.02 bits per heavy atom. The van der Waals surface area contributed by atoms with Crippen LogP contribution in [0, 0.1) is 18.8 Å². The number of morpholine rings is 1. The molecule has 7 nitrogen and oxygen atoms in total. The average molecular weight is 603 g/mol. The van der Waals surface area contributed by atoms with Gasteiger partial charge >= 0.3 is 6.18 Å². The van der Waals surface area contributed by atoms with Gasteiger partial charge in [-0.3, -0.25) is 4.90 Å². The highest BCUT2D eigenvalue weighted by Gasteiger charge is 2.31. The molecule has 0 bridgehead atoms. The molecule has 0 unspecified atom stereocenters. The van der Waals surface area contributed by atoms with E-state index in [0.717, 1.165) is 74.9 Å². The Balaban J connectivity index is 1.32. The summed E-state index contributed by atoms with van der Waals surface area (Å²) in [4.78, 5) is 2.74. The molecule has 1 saturated carbocycles. The Hall–Kier alpha value is -3.20. The molecule has 42 heavy (non-hydrogen) atoms. The SMILES string of the molecule is Cc1cc(S(C)(=O)=O)ccc1NCC#Cc1cc2c(N[C@H]3CC[C@@H](N4CCOCC4)CC3)cccc2n1CC(F)(F)F. The number of fused-ring (bicyclic) bond motifs is 1. The van der Waals surface area contributed by atoms with Crippen molar-refractivity contribution in [2.75, 3.05) is 49.7 Å². The molecule has 0 amide bonds. The van der Waals surface area contributed by atoms with Crippen LogP contribution in [0.3, 0.4) is 0 Å². The fourth-order valence-electron chi connectivity index (χ4n) is 5.95. The van der Waals surface area contributed by atoms with Gasteiger partial charge in [0.2, 0.25) is 0 Å². The van der Waals surface area contributed by atoms with E-state index in [9.17, 15) is 21.6 Å². The Bertz CT molecular complexity index is 1580. The third-order valence-corrected chi connectivity index (χ3v) is 9.22. The second-order valence-corrected chi connectivity index (χ2v) is 13.2. The molecule has 1 saturated heterocycles. The number of nitrogens with one attached hydrogen (secondary N) is 2. The lowest BCUT2D eigenvalue weighted by molar-refractivity contribution is -0.140. The topological polar surface area (TPSA) is 75.6 Å². The molecule has 2 N–H and O–H groups in total. The van der Waals surface area contributed by atoms with Crippen LogP contribution in [0.25, 0.3) is 10.9 Å². The zero-order valence-electron chi connectivity index (χ0n) is 23.9. The fourth-order valence-corrected chi connectivity index (χ4v) is 6.66. The van der Waals surface area contributed by atoms with Crippen LogP contribution in [-0.2, 0) is 21.1 Å². The van der Waals surface area contributed by atoms with Crippen molar-refractivity contribution in [2.45, 2.75) is 62.3 Å². The number of alkyl halides is 3. The minimum atomic E-state index is -4.40. The molecule has 2 aliphatic rings. The number of hydrogen-bond acceptors (Lipinski definition) is 6. The van der Waals surface area contributed by atoms with Crippen molar-refractivity contribution in [3.05, 3.63) is 53.7 Å². The normalized spacial score (nSPS) is 20.2. The van der Waals surface area contributed by atoms with Crippen molar-refractivity contribution in [3.8, 4) is 11.8 Å². The van der Waals surface area contributed by atoms with E-state index in [2.05, 4.69) is 27.4 Å². The van der Waals surface area contributed by atoms with Crippen molar-refractivity contribution in [2.24, 2.45) is 0 Å². The number of ether oxygens (including phenoxy) is 1. The van der Waals surface area contributed by atoms with Crippen molar-refractivity contribution in [1.29, 1.82) is 0 Å². The zero-order chi connectivity index (χ0) is 29.9. The summed E-state index contributed by atoms with van der Waals surface area (Å²) < 4.78 is 71.1. The van der Waals surface area contributed by atoms with Crippen LogP contribution in [0.1, 0.15) is 36.9 Å². The first kappa shape index (κ1) is 30.3. The number of hydrogen-bond donors (Lipinski definition) is 2. The Morgan fingerprint density at radius 2 is 1.76 bits per heavy atom. The van der Waals surface area contributed by atoms with Gasteiger partial charge in [-0.1, -0.05) is 12.0 Å². The molecular formula is C31H37F3N4O3S. The van der Waals surface area contributed by atoms with E-state index in [1.807, 2.05) is 6.07 Å². The Labute approximate surface area is 245 Å². The van der Waals surface area contributed by atoms with Gasteiger partial charge in [-0.2, -0.15) is 13.2 Å². The molecule has 226 valence electrons. The van der Waals surface area contributed by atoms with Crippen LogP contribution in [0.5, 0.6) is 0 Å². The van der Waals surface area contributed by atoms with E-state index in [-0.39, 0.29) is 17.5 Å². The van der Waals surface area contributed by atoms with Gasteiger partial charge in [-0.05, 0) is 80.5 Å². The lowest BCUT2D eigenvalue weighted by atomic mass is 9.89. The minimum absolute atomic E-state index is 0.185. The molecule has 0 spiro atoms. The average Bonchev–Trinajstić information content (AvgIpc) is 3.28. The molecule has 1 aliphatic heterocycles. The first-order valence-corrected chi connectivity index (χ1v) is 16.2. The van der Waals surface area contributed by atoms with Crippen LogP contribution >= 0.6 is 0 Å². The van der Waals surface area contributed by atoms with E-state index in [1.54, 1.807) is 37.3 Å². The second kappa shape index (κ2) is 12.6. The van der Waals surface area contributed by atoms with Crippen LogP contribution in [0.15, 0.2) is 47.4 Å². The molecule has 1 aliphatic carbocycles. The predicted molar refractivity (Wildman–Crippen MR) is 160 cm³/mol.